The van der Waals surface area contributed by atoms with E-state index in [4.69, 9.17) is 16.3 Å². The first-order valence-corrected chi connectivity index (χ1v) is 16.1. The number of guanidine groups is 1. The highest BCUT2D eigenvalue weighted by molar-refractivity contribution is 7.84. The Labute approximate surface area is 260 Å². The van der Waals surface area contributed by atoms with Gasteiger partial charge in [0, 0.05) is 24.8 Å². The van der Waals surface area contributed by atoms with Crippen LogP contribution in [0.5, 0.6) is 0 Å². The Morgan fingerprint density at radius 2 is 2.07 bits per heavy atom. The van der Waals surface area contributed by atoms with Crippen molar-refractivity contribution in [2.24, 2.45) is 15.9 Å². The van der Waals surface area contributed by atoms with E-state index >= 15 is 0 Å². The van der Waals surface area contributed by atoms with Gasteiger partial charge < -0.3 is 37.4 Å². The van der Waals surface area contributed by atoms with Gasteiger partial charge in [0.25, 0.3) is 11.8 Å². The molecule has 45 heavy (non-hydrogen) atoms. The minimum atomic E-state index is -5.02. The van der Waals surface area contributed by atoms with Crippen LogP contribution in [0.3, 0.4) is 0 Å². The maximum absolute atomic E-state index is 13.4. The summed E-state index contributed by atoms with van der Waals surface area (Å²) in [7, 11) is -5.02. The average molecular weight is 669 g/mol. The van der Waals surface area contributed by atoms with Crippen LogP contribution in [0, 0.1) is 0 Å². The fraction of sp³-hybridized carbons (Fsp3) is 0.565. The molecule has 3 atom stereocenters. The van der Waals surface area contributed by atoms with Gasteiger partial charge in [0.2, 0.25) is 5.60 Å². The summed E-state index contributed by atoms with van der Waals surface area (Å²) >= 11 is 0.978. The number of carboxylic acids is 1. The first-order chi connectivity index (χ1) is 21.4. The van der Waals surface area contributed by atoms with Crippen molar-refractivity contribution in [3.63, 3.8) is 0 Å². The van der Waals surface area contributed by atoms with E-state index in [9.17, 15) is 32.5 Å². The standard InChI is InChI=1S/C23H32N12O8S2/c24-21(29-12-3-6-26-7-12)27-8-13-9-28-34(32-13)10-15-17(19(37)35(15)45(40,41)42)31-18(36)16(14-11-44-22(25)30-14)33-43-23(20(38)39)4-1-2-5-23/h9,11-12,15,17,26H,1-8,10H2,(H2,25,30)(H,31,36)(H,38,39)(H3,24,27,29)(H,40,41,42)/b33-16-/t12-,15+,17-/m0/s1. The first-order valence-electron chi connectivity index (χ1n) is 13.9. The number of anilines is 1. The number of amides is 2. The van der Waals surface area contributed by atoms with Gasteiger partial charge in [-0.25, -0.2) is 19.1 Å². The molecule has 9 N–H and O–H groups in total. The molecule has 0 radical (unpaired) electrons. The smallest absolute Gasteiger partial charge is 0.362 e. The van der Waals surface area contributed by atoms with Gasteiger partial charge in [0.15, 0.2) is 16.8 Å². The molecule has 1 saturated carbocycles. The van der Waals surface area contributed by atoms with Crippen LogP contribution in [-0.2, 0) is 42.6 Å². The van der Waals surface area contributed by atoms with Gasteiger partial charge in [0.05, 0.1) is 25.3 Å². The third-order valence-electron chi connectivity index (χ3n) is 7.54. The summed E-state index contributed by atoms with van der Waals surface area (Å²) in [5, 5.41) is 31.8. The zero-order valence-corrected chi connectivity index (χ0v) is 25.3. The van der Waals surface area contributed by atoms with Crippen LogP contribution in [0.4, 0.5) is 5.13 Å². The van der Waals surface area contributed by atoms with Gasteiger partial charge in [0.1, 0.15) is 23.5 Å². The van der Waals surface area contributed by atoms with Crippen LogP contribution in [-0.4, -0.2) is 109 Å². The molecule has 3 aliphatic rings. The van der Waals surface area contributed by atoms with Crippen LogP contribution in [0.1, 0.15) is 43.5 Å². The molecular weight excluding hydrogens is 636 g/mol. The molecule has 3 fully saturated rings. The fourth-order valence-electron chi connectivity index (χ4n) is 5.22. The number of hydrogen-bond acceptors (Lipinski definition) is 14. The Kier molecular flexibility index (Phi) is 9.18. The van der Waals surface area contributed by atoms with E-state index in [1.54, 1.807) is 0 Å². The molecule has 22 heteroatoms. The van der Waals surface area contributed by atoms with Gasteiger partial charge in [-0.05, 0) is 25.8 Å². The fourth-order valence-corrected chi connectivity index (χ4v) is 6.64. The summed E-state index contributed by atoms with van der Waals surface area (Å²) in [6.07, 6.45) is 3.74. The summed E-state index contributed by atoms with van der Waals surface area (Å²) in [4.78, 5) is 53.0. The number of nitrogens with one attached hydrogen (secondary N) is 3. The topological polar surface area (TPSA) is 295 Å². The highest BCUT2D eigenvalue weighted by atomic mass is 32.2. The Morgan fingerprint density at radius 1 is 1.31 bits per heavy atom. The number of β-lactam (4-membered cyclic amide) rings is 1. The normalized spacial score (nSPS) is 23.5. The molecular formula is C23H32N12O8S2. The summed E-state index contributed by atoms with van der Waals surface area (Å²) in [6, 6.07) is -2.75. The summed E-state index contributed by atoms with van der Waals surface area (Å²) in [5.74, 6) is -3.19. The van der Waals surface area contributed by atoms with E-state index in [0.717, 1.165) is 35.6 Å². The zero-order valence-electron chi connectivity index (χ0n) is 23.7. The Bertz CT molecular complexity index is 1610. The lowest BCUT2D eigenvalue weighted by atomic mass is 9.98. The second-order valence-corrected chi connectivity index (χ2v) is 12.8. The average Bonchev–Trinajstić information content (AvgIpc) is 3.79. The predicted molar refractivity (Wildman–Crippen MR) is 157 cm³/mol. The number of nitrogen functional groups attached to an aromatic ring is 1. The largest absolute Gasteiger partial charge is 0.478 e. The maximum Gasteiger partial charge on any atom is 0.362 e. The van der Waals surface area contributed by atoms with Crippen molar-refractivity contribution in [1.29, 1.82) is 0 Å². The van der Waals surface area contributed by atoms with Gasteiger partial charge in [-0.2, -0.15) is 23.4 Å². The van der Waals surface area contributed by atoms with Crippen molar-refractivity contribution in [3.8, 4) is 0 Å². The third kappa shape index (κ3) is 7.13. The van der Waals surface area contributed by atoms with Crippen LogP contribution < -0.4 is 27.4 Å². The lowest BCUT2D eigenvalue weighted by Crippen LogP contribution is -2.73. The quantitative estimate of drug-likeness (QED) is 0.0401. The number of hydrogen-bond donors (Lipinski definition) is 7. The van der Waals surface area contributed by atoms with Crippen molar-refractivity contribution in [2.75, 3.05) is 18.8 Å². The molecule has 0 bridgehead atoms. The highest BCUT2D eigenvalue weighted by Crippen LogP contribution is 2.34. The minimum Gasteiger partial charge on any atom is -0.478 e. The molecule has 0 aromatic carbocycles. The second-order valence-electron chi connectivity index (χ2n) is 10.6. The molecule has 2 aliphatic heterocycles. The van der Waals surface area contributed by atoms with Crippen molar-refractivity contribution in [2.45, 2.75) is 68.9 Å². The van der Waals surface area contributed by atoms with Crippen molar-refractivity contribution < 1.29 is 37.3 Å². The summed E-state index contributed by atoms with van der Waals surface area (Å²) < 4.78 is 33.9. The minimum absolute atomic E-state index is 0.0543. The number of nitrogens with two attached hydrogens (primary N) is 2. The number of nitrogens with zero attached hydrogens (tertiary/aromatic N) is 7. The monoisotopic (exact) mass is 668 g/mol. The third-order valence-corrected chi connectivity index (χ3v) is 9.16. The van der Waals surface area contributed by atoms with E-state index in [-0.39, 0.29) is 53.1 Å². The summed E-state index contributed by atoms with van der Waals surface area (Å²) in [6.45, 7) is 1.38. The molecule has 2 aromatic heterocycles. The second kappa shape index (κ2) is 12.9. The molecule has 0 unspecified atom stereocenters. The van der Waals surface area contributed by atoms with Gasteiger partial charge in [-0.3, -0.25) is 14.1 Å². The molecule has 1 aliphatic carbocycles. The Balaban J connectivity index is 1.31. The molecule has 0 spiro atoms. The number of aliphatic carboxylic acids is 1. The molecule has 20 nitrogen and oxygen atoms in total. The van der Waals surface area contributed by atoms with E-state index in [0.29, 0.717) is 18.5 Å². The van der Waals surface area contributed by atoms with Gasteiger partial charge >= 0.3 is 16.3 Å². The molecule has 4 heterocycles. The van der Waals surface area contributed by atoms with E-state index in [1.165, 1.54) is 11.6 Å². The van der Waals surface area contributed by atoms with Crippen LogP contribution in [0.2, 0.25) is 0 Å². The van der Waals surface area contributed by atoms with Gasteiger partial charge in [-0.15, -0.1) is 11.3 Å². The van der Waals surface area contributed by atoms with Crippen LogP contribution >= 0.6 is 11.3 Å². The molecule has 5 rings (SSSR count). The van der Waals surface area contributed by atoms with E-state index in [2.05, 4.69) is 41.3 Å². The zero-order chi connectivity index (χ0) is 32.4. The number of carbonyl (C=O) groups excluding carboxylic acids is 2. The number of rotatable bonds is 12. The number of carbonyl (C=O) groups is 3. The number of aromatic nitrogens is 4. The number of thiazole rings is 1. The van der Waals surface area contributed by atoms with Crippen LogP contribution in [0.25, 0.3) is 0 Å². The van der Waals surface area contributed by atoms with E-state index in [1.807, 2.05) is 0 Å². The molecule has 244 valence electrons. The van der Waals surface area contributed by atoms with Crippen molar-refractivity contribution >= 4 is 56.2 Å². The van der Waals surface area contributed by atoms with Gasteiger partial charge in [-0.1, -0.05) is 5.16 Å². The Morgan fingerprint density at radius 3 is 2.69 bits per heavy atom. The molecule has 2 amide bonds. The predicted octanol–water partition coefficient (Wildman–Crippen LogP) is -2.60. The lowest BCUT2D eigenvalue weighted by molar-refractivity contribution is -0.165. The maximum atomic E-state index is 13.4. The highest BCUT2D eigenvalue weighted by Gasteiger charge is 2.55. The first kappa shape index (κ1) is 32.0. The number of aliphatic imine (C=N–C) groups is 1. The molecule has 2 saturated heterocycles. The molecule has 2 aromatic rings. The van der Waals surface area contributed by atoms with Crippen molar-refractivity contribution in [3.05, 3.63) is 23.0 Å². The number of oxime groups is 1. The SMILES string of the molecule is NC(=N[C@H]1CCNC1)NCc1cnn(C[C@@H]2[C@H](NC(=O)/C(=N\OC3(C(=O)O)CCCC3)c3csc(N)n3)C(=O)N2S(=O)(=O)O)n1. The van der Waals surface area contributed by atoms with E-state index < -0.39 is 51.5 Å². The van der Waals surface area contributed by atoms with Crippen LogP contribution in [0.15, 0.2) is 21.7 Å². The summed E-state index contributed by atoms with van der Waals surface area (Å²) in [5.41, 5.74) is 9.87. The number of carboxylic acid groups (broad SMARTS) is 1. The van der Waals surface area contributed by atoms with Crippen molar-refractivity contribution in [1.82, 2.24) is 40.2 Å². The lowest BCUT2D eigenvalue weighted by Gasteiger charge is -2.43. The Hall–Kier alpha value is -4.41.